The predicted octanol–water partition coefficient (Wildman–Crippen LogP) is 2.03. The van der Waals surface area contributed by atoms with Crippen LogP contribution >= 0.6 is 23.5 Å². The van der Waals surface area contributed by atoms with Crippen LogP contribution in [0.5, 0.6) is 0 Å². The Hall–Kier alpha value is -0.170. The van der Waals surface area contributed by atoms with Crippen molar-refractivity contribution in [3.63, 3.8) is 0 Å². The van der Waals surface area contributed by atoms with E-state index in [0.717, 1.165) is 6.54 Å². The topological polar surface area (TPSA) is 55.9 Å². The van der Waals surface area contributed by atoms with E-state index in [4.69, 9.17) is 5.84 Å². The number of rotatable bonds is 5. The lowest BCUT2D eigenvalue weighted by molar-refractivity contribution is 0.513. The Balaban J connectivity index is 2.15. The standard InChI is InChI=1S/C12H22N4S2/c1-3-10-12(18-6-5-17-10)11(15-13)9-7-14-16(4-2)8-9/h7-8,10-12,15H,3-6,13H2,1-2H3. The quantitative estimate of drug-likeness (QED) is 0.641. The summed E-state index contributed by atoms with van der Waals surface area (Å²) in [5.41, 5.74) is 4.21. The van der Waals surface area contributed by atoms with Gasteiger partial charge in [0.2, 0.25) is 0 Å². The van der Waals surface area contributed by atoms with Crippen molar-refractivity contribution < 1.29 is 0 Å². The van der Waals surface area contributed by atoms with Crippen LogP contribution in [0.4, 0.5) is 0 Å². The molecule has 3 N–H and O–H groups in total. The van der Waals surface area contributed by atoms with Gasteiger partial charge in [0.1, 0.15) is 0 Å². The largest absolute Gasteiger partial charge is 0.273 e. The number of hydrazine groups is 1. The van der Waals surface area contributed by atoms with Crippen molar-refractivity contribution in [1.29, 1.82) is 0 Å². The van der Waals surface area contributed by atoms with Gasteiger partial charge in [-0.05, 0) is 13.3 Å². The molecule has 6 heteroatoms. The molecule has 1 aliphatic rings. The Morgan fingerprint density at radius 2 is 2.28 bits per heavy atom. The van der Waals surface area contributed by atoms with Gasteiger partial charge in [-0.25, -0.2) is 0 Å². The van der Waals surface area contributed by atoms with Gasteiger partial charge in [0.15, 0.2) is 0 Å². The molecule has 0 aromatic carbocycles. The van der Waals surface area contributed by atoms with Gasteiger partial charge in [-0.2, -0.15) is 28.6 Å². The molecule has 2 rings (SSSR count). The van der Waals surface area contributed by atoms with Crippen LogP contribution in [0.2, 0.25) is 0 Å². The second kappa shape index (κ2) is 6.84. The first-order chi connectivity index (χ1) is 8.80. The third kappa shape index (κ3) is 3.04. The molecule has 1 aliphatic heterocycles. The van der Waals surface area contributed by atoms with Crippen molar-refractivity contribution >= 4 is 23.5 Å². The van der Waals surface area contributed by atoms with Crippen molar-refractivity contribution in [2.75, 3.05) is 11.5 Å². The average molecular weight is 286 g/mol. The number of aromatic nitrogens is 2. The van der Waals surface area contributed by atoms with Gasteiger partial charge >= 0.3 is 0 Å². The van der Waals surface area contributed by atoms with E-state index in [1.807, 2.05) is 22.6 Å². The van der Waals surface area contributed by atoms with Gasteiger partial charge in [-0.1, -0.05) is 6.92 Å². The highest BCUT2D eigenvalue weighted by molar-refractivity contribution is 8.07. The molecule has 3 unspecified atom stereocenters. The number of thioether (sulfide) groups is 2. The third-order valence-corrected chi connectivity index (χ3v) is 6.69. The van der Waals surface area contributed by atoms with Crippen LogP contribution in [0.1, 0.15) is 31.9 Å². The number of nitrogens with two attached hydrogens (primary N) is 1. The zero-order chi connectivity index (χ0) is 13.0. The highest BCUT2D eigenvalue weighted by atomic mass is 32.2. The van der Waals surface area contributed by atoms with Crippen molar-refractivity contribution in [1.82, 2.24) is 15.2 Å². The maximum atomic E-state index is 5.79. The predicted molar refractivity (Wildman–Crippen MR) is 80.7 cm³/mol. The fourth-order valence-electron chi connectivity index (χ4n) is 2.34. The summed E-state index contributed by atoms with van der Waals surface area (Å²) >= 11 is 4.12. The molecule has 18 heavy (non-hydrogen) atoms. The smallest absolute Gasteiger partial charge is 0.0620 e. The minimum atomic E-state index is 0.202. The van der Waals surface area contributed by atoms with E-state index in [-0.39, 0.29) is 6.04 Å². The summed E-state index contributed by atoms with van der Waals surface area (Å²) in [6, 6.07) is 0.202. The zero-order valence-corrected chi connectivity index (χ0v) is 12.6. The van der Waals surface area contributed by atoms with Crippen molar-refractivity contribution in [3.8, 4) is 0 Å². The molecule has 1 fully saturated rings. The first-order valence-corrected chi connectivity index (χ1v) is 8.61. The van der Waals surface area contributed by atoms with E-state index in [1.165, 1.54) is 23.5 Å². The van der Waals surface area contributed by atoms with Crippen LogP contribution in [-0.2, 0) is 6.54 Å². The number of nitrogens with zero attached hydrogens (tertiary/aromatic N) is 2. The van der Waals surface area contributed by atoms with Crippen molar-refractivity contribution in [2.24, 2.45) is 5.84 Å². The van der Waals surface area contributed by atoms with Crippen LogP contribution in [0, 0.1) is 0 Å². The number of nitrogens with one attached hydrogen (secondary N) is 1. The first kappa shape index (κ1) is 14.2. The molecule has 0 bridgehead atoms. The SMILES string of the molecule is CCC1SCCSC1C(NN)c1cnn(CC)c1. The molecule has 102 valence electrons. The Bertz CT molecular complexity index is 369. The number of hydrogen-bond donors (Lipinski definition) is 2. The highest BCUT2D eigenvalue weighted by Crippen LogP contribution is 2.39. The molecule has 1 saturated heterocycles. The van der Waals surface area contributed by atoms with E-state index in [1.54, 1.807) is 0 Å². The number of hydrogen-bond acceptors (Lipinski definition) is 5. The van der Waals surface area contributed by atoms with Crippen LogP contribution < -0.4 is 11.3 Å². The minimum absolute atomic E-state index is 0.202. The lowest BCUT2D eigenvalue weighted by atomic mass is 10.0. The Kier molecular flexibility index (Phi) is 5.41. The zero-order valence-electron chi connectivity index (χ0n) is 11.0. The van der Waals surface area contributed by atoms with Gasteiger partial charge in [0, 0.05) is 40.3 Å². The highest BCUT2D eigenvalue weighted by Gasteiger charge is 2.33. The molecule has 3 atom stereocenters. The van der Waals surface area contributed by atoms with Crippen molar-refractivity contribution in [2.45, 2.75) is 43.4 Å². The Morgan fingerprint density at radius 1 is 1.50 bits per heavy atom. The van der Waals surface area contributed by atoms with Gasteiger partial charge in [0.25, 0.3) is 0 Å². The van der Waals surface area contributed by atoms with Gasteiger partial charge in [-0.15, -0.1) is 0 Å². The Morgan fingerprint density at radius 3 is 2.89 bits per heavy atom. The molecule has 0 radical (unpaired) electrons. The fourth-order valence-corrected chi connectivity index (χ4v) is 5.57. The molecule has 0 saturated carbocycles. The summed E-state index contributed by atoms with van der Waals surface area (Å²) in [6.07, 6.45) is 5.25. The molecule has 1 aromatic rings. The molecule has 0 aliphatic carbocycles. The summed E-state index contributed by atoms with van der Waals surface area (Å²) in [5.74, 6) is 8.26. The summed E-state index contributed by atoms with van der Waals surface area (Å²) in [5, 5.41) is 5.57. The average Bonchev–Trinajstić information content (AvgIpc) is 2.89. The van der Waals surface area contributed by atoms with E-state index in [0.29, 0.717) is 10.5 Å². The summed E-state index contributed by atoms with van der Waals surface area (Å²) in [4.78, 5) is 0. The third-order valence-electron chi connectivity index (χ3n) is 3.34. The van der Waals surface area contributed by atoms with Crippen LogP contribution in [0.25, 0.3) is 0 Å². The fraction of sp³-hybridized carbons (Fsp3) is 0.750. The van der Waals surface area contributed by atoms with E-state index in [2.05, 4.69) is 42.3 Å². The second-order valence-corrected chi connectivity index (χ2v) is 7.06. The monoisotopic (exact) mass is 286 g/mol. The molecular formula is C12H22N4S2. The first-order valence-electron chi connectivity index (χ1n) is 6.51. The maximum absolute atomic E-state index is 5.79. The maximum Gasteiger partial charge on any atom is 0.0620 e. The lowest BCUT2D eigenvalue weighted by Gasteiger charge is -2.35. The Labute approximate surface area is 117 Å². The molecule has 2 heterocycles. The molecule has 0 amide bonds. The summed E-state index contributed by atoms with van der Waals surface area (Å²) < 4.78 is 1.96. The van der Waals surface area contributed by atoms with Gasteiger partial charge < -0.3 is 0 Å². The summed E-state index contributed by atoms with van der Waals surface area (Å²) in [6.45, 7) is 5.27. The van der Waals surface area contributed by atoms with Gasteiger partial charge in [-0.3, -0.25) is 16.0 Å². The van der Waals surface area contributed by atoms with E-state index in [9.17, 15) is 0 Å². The molecular weight excluding hydrogens is 264 g/mol. The van der Waals surface area contributed by atoms with E-state index >= 15 is 0 Å². The van der Waals surface area contributed by atoms with Gasteiger partial charge in [0.05, 0.1) is 12.2 Å². The van der Waals surface area contributed by atoms with Crippen molar-refractivity contribution in [3.05, 3.63) is 18.0 Å². The van der Waals surface area contributed by atoms with Crippen LogP contribution in [0.15, 0.2) is 12.4 Å². The molecule has 1 aromatic heterocycles. The summed E-state index contributed by atoms with van der Waals surface area (Å²) in [7, 11) is 0. The van der Waals surface area contributed by atoms with Crippen LogP contribution in [0.3, 0.4) is 0 Å². The number of aryl methyl sites for hydroxylation is 1. The second-order valence-electron chi connectivity index (χ2n) is 4.43. The normalized spacial score (nSPS) is 26.2. The van der Waals surface area contributed by atoms with E-state index < -0.39 is 0 Å². The minimum Gasteiger partial charge on any atom is -0.273 e. The molecule has 4 nitrogen and oxygen atoms in total. The van der Waals surface area contributed by atoms with Crippen LogP contribution in [-0.4, -0.2) is 31.8 Å². The lowest BCUT2D eigenvalue weighted by Crippen LogP contribution is -2.41. The molecule has 0 spiro atoms.